The molecule has 0 radical (unpaired) electrons. The highest BCUT2D eigenvalue weighted by atomic mass is 35.5. The van der Waals surface area contributed by atoms with Crippen LogP contribution >= 0.6 is 23.2 Å². The average Bonchev–Trinajstić information content (AvgIpc) is 2.86. The Morgan fingerprint density at radius 1 is 1.32 bits per heavy atom. The van der Waals surface area contributed by atoms with Crippen LogP contribution in [0.3, 0.4) is 0 Å². The molecule has 102 valence electrons. The summed E-state index contributed by atoms with van der Waals surface area (Å²) in [7, 11) is 0. The molecule has 1 fully saturated rings. The van der Waals surface area contributed by atoms with Crippen molar-refractivity contribution in [3.05, 3.63) is 27.7 Å². The van der Waals surface area contributed by atoms with Gasteiger partial charge < -0.3 is 15.2 Å². The monoisotopic (exact) mass is 303 g/mol. The molecular weight excluding hydrogens is 293 g/mol. The van der Waals surface area contributed by atoms with Crippen molar-refractivity contribution in [1.29, 1.82) is 0 Å². The summed E-state index contributed by atoms with van der Waals surface area (Å²) in [5.74, 6) is -1.60. The van der Waals surface area contributed by atoms with Crippen LogP contribution < -0.4 is 5.32 Å². The van der Waals surface area contributed by atoms with Crippen LogP contribution in [-0.4, -0.2) is 30.2 Å². The van der Waals surface area contributed by atoms with Crippen LogP contribution in [0.25, 0.3) is 0 Å². The summed E-state index contributed by atoms with van der Waals surface area (Å²) in [6, 6.07) is 2.49. The highest BCUT2D eigenvalue weighted by Crippen LogP contribution is 2.32. The second-order valence-corrected chi connectivity index (χ2v) is 4.98. The molecule has 1 atom stereocenters. The van der Waals surface area contributed by atoms with Crippen LogP contribution in [0, 0.1) is 5.92 Å². The summed E-state index contributed by atoms with van der Waals surface area (Å²) in [5.41, 5.74) is 0.197. The minimum Gasteiger partial charge on any atom is -0.478 e. The van der Waals surface area contributed by atoms with Crippen LogP contribution in [0.1, 0.15) is 16.8 Å². The smallest absolute Gasteiger partial charge is 0.335 e. The van der Waals surface area contributed by atoms with E-state index in [0.29, 0.717) is 19.6 Å². The number of carbonyl (C=O) groups is 2. The molecule has 1 aromatic rings. The van der Waals surface area contributed by atoms with Crippen LogP contribution in [0.2, 0.25) is 10.0 Å². The van der Waals surface area contributed by atoms with E-state index in [2.05, 4.69) is 5.32 Å². The van der Waals surface area contributed by atoms with Gasteiger partial charge in [0.25, 0.3) is 0 Å². The van der Waals surface area contributed by atoms with Crippen molar-refractivity contribution in [3.8, 4) is 0 Å². The maximum Gasteiger partial charge on any atom is 0.335 e. The first kappa shape index (κ1) is 14.1. The normalized spacial score (nSPS) is 18.3. The van der Waals surface area contributed by atoms with E-state index in [1.54, 1.807) is 0 Å². The molecule has 19 heavy (non-hydrogen) atoms. The molecule has 0 spiro atoms. The Kier molecular flexibility index (Phi) is 4.29. The fourth-order valence-corrected chi connectivity index (χ4v) is 2.36. The topological polar surface area (TPSA) is 75.6 Å². The Hall–Kier alpha value is -1.30. The van der Waals surface area contributed by atoms with Crippen molar-refractivity contribution in [2.24, 2.45) is 5.92 Å². The number of halogens is 2. The number of ether oxygens (including phenoxy) is 1. The second kappa shape index (κ2) is 5.77. The van der Waals surface area contributed by atoms with Gasteiger partial charge >= 0.3 is 5.97 Å². The average molecular weight is 304 g/mol. The number of hydrogen-bond acceptors (Lipinski definition) is 3. The number of aromatic carboxylic acids is 1. The Morgan fingerprint density at radius 2 is 1.95 bits per heavy atom. The molecule has 7 heteroatoms. The first-order valence-corrected chi connectivity index (χ1v) is 6.35. The third-order valence-electron chi connectivity index (χ3n) is 2.84. The number of nitrogens with one attached hydrogen (secondary N) is 1. The third-order valence-corrected chi connectivity index (χ3v) is 3.43. The molecule has 2 rings (SSSR count). The zero-order chi connectivity index (χ0) is 14.0. The summed E-state index contributed by atoms with van der Waals surface area (Å²) < 4.78 is 5.12. The SMILES string of the molecule is O=C(O)c1cc(Cl)c(NC(=O)C2CCOC2)c(Cl)c1. The molecule has 1 aliphatic heterocycles. The molecular formula is C12H11Cl2NO4. The third kappa shape index (κ3) is 3.18. The zero-order valence-electron chi connectivity index (χ0n) is 9.78. The molecule has 1 aliphatic rings. The maximum absolute atomic E-state index is 11.9. The number of rotatable bonds is 3. The zero-order valence-corrected chi connectivity index (χ0v) is 11.3. The summed E-state index contributed by atoms with van der Waals surface area (Å²) in [6.45, 7) is 0.922. The number of carboxylic acid groups (broad SMARTS) is 1. The minimum absolute atomic E-state index is 0.0304. The molecule has 5 nitrogen and oxygen atoms in total. The van der Waals surface area contributed by atoms with Gasteiger partial charge in [-0.2, -0.15) is 0 Å². The van der Waals surface area contributed by atoms with Gasteiger partial charge in [0.15, 0.2) is 0 Å². The molecule has 0 bridgehead atoms. The molecule has 1 unspecified atom stereocenters. The quantitative estimate of drug-likeness (QED) is 0.900. The predicted octanol–water partition coefficient (Wildman–Crippen LogP) is 2.67. The number of carbonyl (C=O) groups excluding carboxylic acids is 1. The summed E-state index contributed by atoms with van der Waals surface area (Å²) >= 11 is 11.9. The number of anilines is 1. The molecule has 0 aromatic heterocycles. The summed E-state index contributed by atoms with van der Waals surface area (Å²) in [4.78, 5) is 22.7. The van der Waals surface area contributed by atoms with Crippen LogP contribution in [0.4, 0.5) is 5.69 Å². The molecule has 1 aromatic carbocycles. The van der Waals surface area contributed by atoms with Crippen molar-refractivity contribution in [3.63, 3.8) is 0 Å². The van der Waals surface area contributed by atoms with Crippen LogP contribution in [0.15, 0.2) is 12.1 Å². The fraction of sp³-hybridized carbons (Fsp3) is 0.333. The summed E-state index contributed by atoms with van der Waals surface area (Å²) in [5, 5.41) is 11.7. The van der Waals surface area contributed by atoms with Gasteiger partial charge in [0.05, 0.1) is 33.8 Å². The molecule has 1 amide bonds. The molecule has 0 aliphatic carbocycles. The lowest BCUT2D eigenvalue weighted by atomic mass is 10.1. The number of benzene rings is 1. The van der Waals surface area contributed by atoms with Crippen molar-refractivity contribution in [2.75, 3.05) is 18.5 Å². The Labute approximate surface area is 119 Å². The van der Waals surface area contributed by atoms with E-state index in [-0.39, 0.29) is 33.1 Å². The lowest BCUT2D eigenvalue weighted by Gasteiger charge is -2.12. The van der Waals surface area contributed by atoms with E-state index >= 15 is 0 Å². The van der Waals surface area contributed by atoms with E-state index in [4.69, 9.17) is 33.0 Å². The maximum atomic E-state index is 11.9. The number of carboxylic acids is 1. The van der Waals surface area contributed by atoms with Crippen molar-refractivity contribution >= 4 is 40.8 Å². The van der Waals surface area contributed by atoms with Crippen LogP contribution in [-0.2, 0) is 9.53 Å². The van der Waals surface area contributed by atoms with E-state index < -0.39 is 5.97 Å². The van der Waals surface area contributed by atoms with Crippen LogP contribution in [0.5, 0.6) is 0 Å². The highest BCUT2D eigenvalue weighted by Gasteiger charge is 2.25. The van der Waals surface area contributed by atoms with Gasteiger partial charge in [0, 0.05) is 6.61 Å². The van der Waals surface area contributed by atoms with Gasteiger partial charge in [-0.25, -0.2) is 4.79 Å². The number of hydrogen-bond donors (Lipinski definition) is 2. The Bertz CT molecular complexity index is 503. The van der Waals surface area contributed by atoms with E-state index in [9.17, 15) is 9.59 Å². The second-order valence-electron chi connectivity index (χ2n) is 4.17. The first-order valence-electron chi connectivity index (χ1n) is 5.60. The highest BCUT2D eigenvalue weighted by molar-refractivity contribution is 6.40. The van der Waals surface area contributed by atoms with Gasteiger partial charge in [-0.15, -0.1) is 0 Å². The van der Waals surface area contributed by atoms with Gasteiger partial charge in [-0.1, -0.05) is 23.2 Å². The van der Waals surface area contributed by atoms with E-state index in [1.807, 2.05) is 0 Å². The fourth-order valence-electron chi connectivity index (χ4n) is 1.78. The van der Waals surface area contributed by atoms with Crippen molar-refractivity contribution < 1.29 is 19.4 Å². The molecule has 2 N–H and O–H groups in total. The Balaban J connectivity index is 2.20. The largest absolute Gasteiger partial charge is 0.478 e. The number of amides is 1. The molecule has 1 saturated heterocycles. The lowest BCUT2D eigenvalue weighted by molar-refractivity contribution is -0.119. The van der Waals surface area contributed by atoms with Gasteiger partial charge in [-0.3, -0.25) is 4.79 Å². The van der Waals surface area contributed by atoms with E-state index in [1.165, 1.54) is 12.1 Å². The first-order chi connectivity index (χ1) is 8.99. The minimum atomic E-state index is -1.13. The molecule has 1 heterocycles. The van der Waals surface area contributed by atoms with Crippen molar-refractivity contribution in [2.45, 2.75) is 6.42 Å². The predicted molar refractivity (Wildman–Crippen MR) is 71.0 cm³/mol. The molecule has 0 saturated carbocycles. The van der Waals surface area contributed by atoms with Gasteiger partial charge in [-0.05, 0) is 18.6 Å². The van der Waals surface area contributed by atoms with Gasteiger partial charge in [0.2, 0.25) is 5.91 Å². The lowest BCUT2D eigenvalue weighted by Crippen LogP contribution is -2.23. The van der Waals surface area contributed by atoms with Crippen molar-refractivity contribution in [1.82, 2.24) is 0 Å². The van der Waals surface area contributed by atoms with E-state index in [0.717, 1.165) is 0 Å². The summed E-state index contributed by atoms with van der Waals surface area (Å²) in [6.07, 6.45) is 0.647. The van der Waals surface area contributed by atoms with Gasteiger partial charge in [0.1, 0.15) is 0 Å². The standard InChI is InChI=1S/C12H11Cl2NO4/c13-8-3-7(12(17)18)4-9(14)10(8)15-11(16)6-1-2-19-5-6/h3-4,6H,1-2,5H2,(H,15,16)(H,17,18). The Morgan fingerprint density at radius 3 is 2.42 bits per heavy atom.